The molecule has 0 aromatic carbocycles. The average molecular weight is 153 g/mol. The third kappa shape index (κ3) is 0.878. The highest BCUT2D eigenvalue weighted by Gasteiger charge is 2.19. The van der Waals surface area contributed by atoms with Gasteiger partial charge in [-0.2, -0.15) is 0 Å². The highest BCUT2D eigenvalue weighted by Crippen LogP contribution is 2.34. The molecule has 11 heavy (non-hydrogen) atoms. The summed E-state index contributed by atoms with van der Waals surface area (Å²) < 4.78 is 0. The molecule has 1 aliphatic rings. The van der Waals surface area contributed by atoms with Crippen LogP contribution in [0.25, 0.3) is 0 Å². The zero-order valence-corrected chi connectivity index (χ0v) is 6.22. The second-order valence-corrected chi connectivity index (χ2v) is 2.99. The largest absolute Gasteiger partial charge is 0.494 e. The molecular weight excluding hydrogens is 142 g/mol. The first-order valence-electron chi connectivity index (χ1n) is 3.90. The summed E-state index contributed by atoms with van der Waals surface area (Å²) in [6.45, 7) is 0. The minimum Gasteiger partial charge on any atom is -0.494 e. The molecule has 2 rings (SSSR count). The smallest absolute Gasteiger partial charge is 0.194 e. The molecular formula is C8H11NO2. The summed E-state index contributed by atoms with van der Waals surface area (Å²) in [4.78, 5) is 2.53. The molecule has 1 heterocycles. The molecule has 0 fully saturated rings. The van der Waals surface area contributed by atoms with E-state index in [1.54, 1.807) is 0 Å². The molecule has 3 heteroatoms. The number of aromatic nitrogens is 1. The number of nitrogens with one attached hydrogen (secondary N) is 1. The fraction of sp³-hybridized carbons (Fsp3) is 0.500. The summed E-state index contributed by atoms with van der Waals surface area (Å²) in [7, 11) is 0. The van der Waals surface area contributed by atoms with E-state index >= 15 is 0 Å². The third-order valence-corrected chi connectivity index (χ3v) is 2.28. The van der Waals surface area contributed by atoms with E-state index in [-0.39, 0.29) is 11.8 Å². The van der Waals surface area contributed by atoms with Crippen LogP contribution in [-0.4, -0.2) is 15.2 Å². The second-order valence-electron chi connectivity index (χ2n) is 2.99. The van der Waals surface area contributed by atoms with Crippen LogP contribution in [0.3, 0.4) is 0 Å². The Bertz CT molecular complexity index is 251. The first-order valence-corrected chi connectivity index (χ1v) is 3.90. The maximum absolute atomic E-state index is 9.26. The molecule has 0 radical (unpaired) electrons. The van der Waals surface area contributed by atoms with E-state index < -0.39 is 0 Å². The third-order valence-electron chi connectivity index (χ3n) is 2.28. The minimum absolute atomic E-state index is 0.150. The first kappa shape index (κ1) is 6.58. The molecule has 0 unspecified atom stereocenters. The van der Waals surface area contributed by atoms with Crippen LogP contribution in [0, 0.1) is 0 Å². The molecule has 0 saturated heterocycles. The van der Waals surface area contributed by atoms with Crippen LogP contribution in [0.1, 0.15) is 24.0 Å². The van der Waals surface area contributed by atoms with Crippen molar-refractivity contribution in [2.24, 2.45) is 0 Å². The number of hydrogen-bond donors (Lipinski definition) is 3. The molecule has 0 atom stereocenters. The normalized spacial score (nSPS) is 16.4. The zero-order chi connectivity index (χ0) is 7.84. The summed E-state index contributed by atoms with van der Waals surface area (Å²) in [6, 6.07) is 0. The van der Waals surface area contributed by atoms with Crippen LogP contribution < -0.4 is 0 Å². The lowest BCUT2D eigenvalue weighted by atomic mass is 9.95. The van der Waals surface area contributed by atoms with Gasteiger partial charge in [-0.1, -0.05) is 0 Å². The van der Waals surface area contributed by atoms with Gasteiger partial charge < -0.3 is 10.2 Å². The van der Waals surface area contributed by atoms with Crippen molar-refractivity contribution in [1.29, 1.82) is 0 Å². The number of aromatic amines is 1. The van der Waals surface area contributed by atoms with Gasteiger partial charge in [-0.25, -0.2) is 0 Å². The van der Waals surface area contributed by atoms with Gasteiger partial charge in [-0.3, -0.25) is 4.98 Å². The predicted molar refractivity (Wildman–Crippen MR) is 40.8 cm³/mol. The second kappa shape index (κ2) is 2.19. The van der Waals surface area contributed by atoms with Gasteiger partial charge in [0.05, 0.1) is 0 Å². The minimum atomic E-state index is 0.150. The maximum atomic E-state index is 9.26. The van der Waals surface area contributed by atoms with Gasteiger partial charge in [0.25, 0.3) is 0 Å². The van der Waals surface area contributed by atoms with Gasteiger partial charge in [-0.05, 0) is 25.7 Å². The van der Waals surface area contributed by atoms with E-state index in [9.17, 15) is 10.2 Å². The standard InChI is InChI=1S/C8H11NO2/c10-7-5-3-1-2-4-6(5)8(11)9-7/h9-11H,1-4H2. The monoisotopic (exact) mass is 153 g/mol. The van der Waals surface area contributed by atoms with Crippen LogP contribution in [0.2, 0.25) is 0 Å². The van der Waals surface area contributed by atoms with Crippen molar-refractivity contribution in [1.82, 2.24) is 4.98 Å². The van der Waals surface area contributed by atoms with E-state index in [1.807, 2.05) is 0 Å². The number of hydrogen-bond acceptors (Lipinski definition) is 2. The van der Waals surface area contributed by atoms with Crippen molar-refractivity contribution in [2.45, 2.75) is 25.7 Å². The van der Waals surface area contributed by atoms with E-state index in [0.717, 1.165) is 36.8 Å². The summed E-state index contributed by atoms with van der Waals surface area (Å²) >= 11 is 0. The molecule has 0 saturated carbocycles. The lowest BCUT2D eigenvalue weighted by Gasteiger charge is -2.09. The molecule has 1 aromatic heterocycles. The summed E-state index contributed by atoms with van der Waals surface area (Å²) in [5.41, 5.74) is 1.82. The van der Waals surface area contributed by atoms with Gasteiger partial charge in [0, 0.05) is 11.1 Å². The van der Waals surface area contributed by atoms with Crippen molar-refractivity contribution < 1.29 is 10.2 Å². The number of H-pyrrole nitrogens is 1. The fourth-order valence-corrected chi connectivity index (χ4v) is 1.69. The summed E-state index contributed by atoms with van der Waals surface area (Å²) in [5, 5.41) is 18.5. The molecule has 0 amide bonds. The van der Waals surface area contributed by atoms with Gasteiger partial charge >= 0.3 is 0 Å². The first-order chi connectivity index (χ1) is 5.29. The topological polar surface area (TPSA) is 56.2 Å². The fourth-order valence-electron chi connectivity index (χ4n) is 1.69. The lowest BCUT2D eigenvalue weighted by molar-refractivity contribution is 0.422. The quantitative estimate of drug-likeness (QED) is 0.526. The zero-order valence-electron chi connectivity index (χ0n) is 6.22. The van der Waals surface area contributed by atoms with Crippen molar-refractivity contribution in [2.75, 3.05) is 0 Å². The molecule has 0 aliphatic heterocycles. The molecule has 0 bridgehead atoms. The van der Waals surface area contributed by atoms with E-state index in [4.69, 9.17) is 0 Å². The molecule has 60 valence electrons. The van der Waals surface area contributed by atoms with E-state index in [0.29, 0.717) is 0 Å². The molecule has 3 N–H and O–H groups in total. The molecule has 1 aromatic rings. The van der Waals surface area contributed by atoms with Gasteiger partial charge in [0.2, 0.25) is 0 Å². The van der Waals surface area contributed by atoms with E-state index in [1.165, 1.54) is 0 Å². The van der Waals surface area contributed by atoms with Crippen LogP contribution in [0.15, 0.2) is 0 Å². The van der Waals surface area contributed by atoms with Gasteiger partial charge in [0.1, 0.15) is 0 Å². The Labute approximate surface area is 64.7 Å². The van der Waals surface area contributed by atoms with Crippen molar-refractivity contribution in [3.05, 3.63) is 11.1 Å². The number of aromatic hydroxyl groups is 2. The lowest BCUT2D eigenvalue weighted by Crippen LogP contribution is -1.98. The number of fused-ring (bicyclic) bond motifs is 1. The molecule has 0 spiro atoms. The Hall–Kier alpha value is -1.12. The Morgan fingerprint density at radius 2 is 1.36 bits per heavy atom. The summed E-state index contributed by atoms with van der Waals surface area (Å²) in [6.07, 6.45) is 3.99. The number of rotatable bonds is 0. The van der Waals surface area contributed by atoms with E-state index in [2.05, 4.69) is 4.98 Å². The Morgan fingerprint density at radius 3 is 1.82 bits per heavy atom. The van der Waals surface area contributed by atoms with Gasteiger partial charge in [-0.15, -0.1) is 0 Å². The predicted octanol–water partition coefficient (Wildman–Crippen LogP) is 1.30. The SMILES string of the molecule is Oc1[nH]c(O)c2c1CCCC2. The van der Waals surface area contributed by atoms with Crippen LogP contribution in [0.5, 0.6) is 11.8 Å². The Morgan fingerprint density at radius 1 is 0.909 bits per heavy atom. The Kier molecular flexibility index (Phi) is 1.31. The van der Waals surface area contributed by atoms with Crippen molar-refractivity contribution in [3.63, 3.8) is 0 Å². The maximum Gasteiger partial charge on any atom is 0.194 e. The summed E-state index contributed by atoms with van der Waals surface area (Å²) in [5.74, 6) is 0.300. The van der Waals surface area contributed by atoms with Crippen molar-refractivity contribution in [3.8, 4) is 11.8 Å². The average Bonchev–Trinajstić information content (AvgIpc) is 2.30. The Balaban J connectivity index is 2.52. The molecule has 1 aliphatic carbocycles. The van der Waals surface area contributed by atoms with Crippen LogP contribution in [0.4, 0.5) is 0 Å². The van der Waals surface area contributed by atoms with Crippen molar-refractivity contribution >= 4 is 0 Å². The highest BCUT2D eigenvalue weighted by molar-refractivity contribution is 5.44. The highest BCUT2D eigenvalue weighted by atomic mass is 16.3. The van der Waals surface area contributed by atoms with Crippen LogP contribution >= 0.6 is 0 Å². The molecule has 3 nitrogen and oxygen atoms in total. The van der Waals surface area contributed by atoms with Gasteiger partial charge in [0.15, 0.2) is 11.8 Å². The van der Waals surface area contributed by atoms with Crippen LogP contribution in [-0.2, 0) is 12.8 Å².